The molecule has 0 aliphatic rings. The molecule has 0 radical (unpaired) electrons. The van der Waals surface area contributed by atoms with E-state index in [2.05, 4.69) is 13.2 Å². The summed E-state index contributed by atoms with van der Waals surface area (Å²) in [6.07, 6.45) is 1.39. The van der Waals surface area contributed by atoms with E-state index in [1.165, 1.54) is 21.3 Å². The number of carboxylic acid groups (broad SMARTS) is 1. The lowest BCUT2D eigenvalue weighted by Crippen LogP contribution is -2.56. The third-order valence-corrected chi connectivity index (χ3v) is 5.41. The number of carbonyl (C=O) groups is 2. The van der Waals surface area contributed by atoms with Crippen LogP contribution in [-0.4, -0.2) is 52.9 Å². The summed E-state index contributed by atoms with van der Waals surface area (Å²) in [5, 5.41) is 7.60. The van der Waals surface area contributed by atoms with Crippen LogP contribution in [0.25, 0.3) is 0 Å². The molecule has 1 atom stereocenters. The maximum atomic E-state index is 11.4. The Morgan fingerprint density at radius 1 is 1.24 bits per heavy atom. The molecule has 0 rings (SSSR count). The highest BCUT2D eigenvalue weighted by molar-refractivity contribution is 6.62. The SMILES string of the molecule is C=C(C)C(=O)OC(CC)[Si](OC)(OC)OC.C=CC(=O)O. The van der Waals surface area contributed by atoms with Crippen molar-refractivity contribution in [3.05, 3.63) is 24.8 Å². The second kappa shape index (κ2) is 11.2. The molecule has 0 heterocycles. The lowest BCUT2D eigenvalue weighted by molar-refractivity contribution is -0.144. The molecular weight excluding hydrogens is 296 g/mol. The quantitative estimate of drug-likeness (QED) is 0.412. The first-order valence-corrected chi connectivity index (χ1v) is 7.92. The molecule has 7 nitrogen and oxygen atoms in total. The fourth-order valence-corrected chi connectivity index (χ4v) is 3.32. The van der Waals surface area contributed by atoms with Crippen molar-refractivity contribution in [3.8, 4) is 0 Å². The topological polar surface area (TPSA) is 91.3 Å². The van der Waals surface area contributed by atoms with Gasteiger partial charge in [-0.15, -0.1) is 0 Å². The van der Waals surface area contributed by atoms with E-state index in [4.69, 9.17) is 23.1 Å². The van der Waals surface area contributed by atoms with E-state index in [1.54, 1.807) is 6.92 Å². The fourth-order valence-electron chi connectivity index (χ4n) is 1.28. The highest BCUT2D eigenvalue weighted by Crippen LogP contribution is 2.19. The summed E-state index contributed by atoms with van der Waals surface area (Å²) in [6, 6.07) is 0. The predicted molar refractivity (Wildman–Crippen MR) is 79.6 cm³/mol. The van der Waals surface area contributed by atoms with Gasteiger partial charge in [0, 0.05) is 33.0 Å². The van der Waals surface area contributed by atoms with Gasteiger partial charge in [-0.2, -0.15) is 0 Å². The molecule has 21 heavy (non-hydrogen) atoms. The second-order valence-corrected chi connectivity index (χ2v) is 6.92. The van der Waals surface area contributed by atoms with Gasteiger partial charge in [-0.05, 0) is 13.3 Å². The molecule has 0 amide bonds. The lowest BCUT2D eigenvalue weighted by atomic mass is 10.4. The number of carboxylic acids is 1. The number of hydrogen-bond acceptors (Lipinski definition) is 6. The Hall–Kier alpha value is -1.48. The van der Waals surface area contributed by atoms with Gasteiger partial charge in [-0.1, -0.05) is 20.1 Å². The zero-order chi connectivity index (χ0) is 17.1. The summed E-state index contributed by atoms with van der Waals surface area (Å²) in [6.45, 7) is 9.94. The molecule has 0 spiro atoms. The second-order valence-electron chi connectivity index (χ2n) is 3.84. The number of rotatable bonds is 8. The standard InChI is InChI=1S/C10H20O5Si.C3H4O2/c1-7-9(15-10(11)8(2)3)16(12-4,13-5)14-6;1-2-3(4)5/h9H,2,7H2,1,3-6H3;2H,1H2,(H,4,5). The number of ether oxygens (including phenoxy) is 1. The Kier molecular flexibility index (Phi) is 11.6. The Morgan fingerprint density at radius 2 is 1.62 bits per heavy atom. The average molecular weight is 320 g/mol. The molecule has 0 aliphatic carbocycles. The summed E-state index contributed by atoms with van der Waals surface area (Å²) in [5.41, 5.74) is -0.179. The molecule has 8 heteroatoms. The molecule has 0 saturated carbocycles. The van der Waals surface area contributed by atoms with Gasteiger partial charge in [0.25, 0.3) is 0 Å². The first-order valence-electron chi connectivity index (χ1n) is 6.11. The summed E-state index contributed by atoms with van der Waals surface area (Å²) in [5.74, 6) is -1.44. The molecule has 0 aromatic heterocycles. The Bertz CT molecular complexity index is 355. The van der Waals surface area contributed by atoms with E-state index in [0.29, 0.717) is 12.0 Å². The van der Waals surface area contributed by atoms with Gasteiger partial charge in [0.15, 0.2) is 5.73 Å². The van der Waals surface area contributed by atoms with Crippen molar-refractivity contribution in [1.29, 1.82) is 0 Å². The maximum absolute atomic E-state index is 11.4. The van der Waals surface area contributed by atoms with E-state index in [-0.39, 0.29) is 0 Å². The highest BCUT2D eigenvalue weighted by atomic mass is 28.4. The Labute approximate surface area is 126 Å². The minimum Gasteiger partial charge on any atom is -0.478 e. The van der Waals surface area contributed by atoms with Gasteiger partial charge in [0.2, 0.25) is 0 Å². The number of aliphatic carboxylic acids is 1. The van der Waals surface area contributed by atoms with Crippen LogP contribution in [0.2, 0.25) is 0 Å². The fraction of sp³-hybridized carbons (Fsp3) is 0.538. The Morgan fingerprint density at radius 3 is 1.81 bits per heavy atom. The third kappa shape index (κ3) is 7.76. The van der Waals surface area contributed by atoms with E-state index in [9.17, 15) is 9.59 Å². The maximum Gasteiger partial charge on any atom is 0.543 e. The van der Waals surface area contributed by atoms with Crippen molar-refractivity contribution in [2.45, 2.75) is 26.0 Å². The van der Waals surface area contributed by atoms with Crippen LogP contribution in [0.5, 0.6) is 0 Å². The number of carbonyl (C=O) groups excluding carboxylic acids is 1. The summed E-state index contributed by atoms with van der Waals surface area (Å²) in [7, 11) is 1.51. The molecule has 122 valence electrons. The Balaban J connectivity index is 0. The van der Waals surface area contributed by atoms with E-state index in [1.807, 2.05) is 6.92 Å². The van der Waals surface area contributed by atoms with Crippen molar-refractivity contribution < 1.29 is 32.7 Å². The molecule has 1 unspecified atom stereocenters. The van der Waals surface area contributed by atoms with E-state index in [0.717, 1.165) is 6.08 Å². The molecule has 0 bridgehead atoms. The van der Waals surface area contributed by atoms with Gasteiger partial charge in [0.1, 0.15) is 0 Å². The predicted octanol–water partition coefficient (Wildman–Crippen LogP) is 1.56. The highest BCUT2D eigenvalue weighted by Gasteiger charge is 2.49. The minimum absolute atomic E-state index is 0.338. The van der Waals surface area contributed by atoms with E-state index < -0.39 is 26.5 Å². The van der Waals surface area contributed by atoms with Crippen LogP contribution < -0.4 is 0 Å². The molecule has 0 fully saturated rings. The van der Waals surface area contributed by atoms with Crippen molar-refractivity contribution in [2.24, 2.45) is 0 Å². The van der Waals surface area contributed by atoms with Crippen LogP contribution in [-0.2, 0) is 27.6 Å². The van der Waals surface area contributed by atoms with Gasteiger partial charge in [-0.3, -0.25) is 0 Å². The van der Waals surface area contributed by atoms with Crippen LogP contribution in [0.4, 0.5) is 0 Å². The largest absolute Gasteiger partial charge is 0.543 e. The van der Waals surface area contributed by atoms with Crippen LogP contribution in [0.15, 0.2) is 24.8 Å². The third-order valence-electron chi connectivity index (χ3n) is 2.39. The average Bonchev–Trinajstić information content (AvgIpc) is 2.48. The monoisotopic (exact) mass is 320 g/mol. The summed E-state index contributed by atoms with van der Waals surface area (Å²) < 4.78 is 21.0. The molecule has 1 N–H and O–H groups in total. The van der Waals surface area contributed by atoms with Gasteiger partial charge >= 0.3 is 20.7 Å². The first-order chi connectivity index (χ1) is 9.74. The van der Waals surface area contributed by atoms with Crippen molar-refractivity contribution in [1.82, 2.24) is 0 Å². The van der Waals surface area contributed by atoms with Crippen LogP contribution in [0.3, 0.4) is 0 Å². The van der Waals surface area contributed by atoms with Crippen LogP contribution >= 0.6 is 0 Å². The number of hydrogen-bond donors (Lipinski definition) is 1. The van der Waals surface area contributed by atoms with Crippen molar-refractivity contribution in [2.75, 3.05) is 21.3 Å². The van der Waals surface area contributed by atoms with Crippen LogP contribution in [0, 0.1) is 0 Å². The zero-order valence-corrected chi connectivity index (χ0v) is 14.2. The van der Waals surface area contributed by atoms with Gasteiger partial charge in [-0.25, -0.2) is 9.59 Å². The molecule has 0 saturated heterocycles. The van der Waals surface area contributed by atoms with Gasteiger partial charge in [0.05, 0.1) is 0 Å². The molecule has 0 aromatic carbocycles. The van der Waals surface area contributed by atoms with Gasteiger partial charge < -0.3 is 23.1 Å². The zero-order valence-electron chi connectivity index (χ0n) is 13.2. The van der Waals surface area contributed by atoms with Crippen molar-refractivity contribution >= 4 is 20.7 Å². The van der Waals surface area contributed by atoms with Crippen LogP contribution in [0.1, 0.15) is 20.3 Å². The first kappa shape index (κ1) is 21.8. The molecule has 0 aliphatic heterocycles. The lowest BCUT2D eigenvalue weighted by Gasteiger charge is -2.31. The number of esters is 1. The minimum atomic E-state index is -2.94. The summed E-state index contributed by atoms with van der Waals surface area (Å²) >= 11 is 0. The molecule has 0 aromatic rings. The summed E-state index contributed by atoms with van der Waals surface area (Å²) in [4.78, 5) is 20.7. The molecular formula is C13H24O7Si. The normalized spacial score (nSPS) is 11.7. The smallest absolute Gasteiger partial charge is 0.478 e. The van der Waals surface area contributed by atoms with E-state index >= 15 is 0 Å². The van der Waals surface area contributed by atoms with Crippen molar-refractivity contribution in [3.63, 3.8) is 0 Å².